The SMILES string of the molecule is O=C(N[C@@H]1CC[NH+](Cc2ccccc2)C1)c1cccnc1Sc1ccccc1. The van der Waals surface area contributed by atoms with Crippen molar-refractivity contribution in [1.29, 1.82) is 0 Å². The molecule has 5 heteroatoms. The molecule has 1 saturated heterocycles. The van der Waals surface area contributed by atoms with Gasteiger partial charge in [-0.05, 0) is 24.3 Å². The Kier molecular flexibility index (Phi) is 6.04. The number of carbonyl (C=O) groups excluding carboxylic acids is 1. The van der Waals surface area contributed by atoms with E-state index in [1.165, 1.54) is 22.2 Å². The lowest BCUT2D eigenvalue weighted by Gasteiger charge is -2.15. The molecule has 0 aliphatic carbocycles. The van der Waals surface area contributed by atoms with Crippen molar-refractivity contribution in [2.45, 2.75) is 28.9 Å². The number of aromatic nitrogens is 1. The molecule has 2 aromatic carbocycles. The highest BCUT2D eigenvalue weighted by Gasteiger charge is 2.28. The molecule has 2 atom stereocenters. The average molecular weight is 391 g/mol. The van der Waals surface area contributed by atoms with Crippen LogP contribution in [0.2, 0.25) is 0 Å². The molecule has 0 spiro atoms. The number of hydrogen-bond acceptors (Lipinski definition) is 3. The van der Waals surface area contributed by atoms with Crippen molar-refractivity contribution in [1.82, 2.24) is 10.3 Å². The van der Waals surface area contributed by atoms with Crippen LogP contribution in [0.5, 0.6) is 0 Å². The molecule has 142 valence electrons. The topological polar surface area (TPSA) is 46.4 Å². The normalized spacial score (nSPS) is 18.7. The predicted octanol–water partition coefficient (Wildman–Crippen LogP) is 2.82. The van der Waals surface area contributed by atoms with E-state index < -0.39 is 0 Å². The van der Waals surface area contributed by atoms with Crippen LogP contribution in [0.4, 0.5) is 0 Å². The summed E-state index contributed by atoms with van der Waals surface area (Å²) in [6.45, 7) is 3.05. The Bertz CT molecular complexity index is 917. The molecule has 4 rings (SSSR count). The van der Waals surface area contributed by atoms with Gasteiger partial charge in [0.05, 0.1) is 24.7 Å². The molecule has 1 aromatic heterocycles. The number of amides is 1. The molecular weight excluding hydrogens is 366 g/mol. The standard InChI is InChI=1S/C23H23N3OS/c27-22(21-12-7-14-24-23(21)28-20-10-5-2-6-11-20)25-19-13-15-26(17-19)16-18-8-3-1-4-9-18/h1-12,14,19H,13,15-17H2,(H,25,27)/p+1/t19-/m1/s1. The summed E-state index contributed by atoms with van der Waals surface area (Å²) in [7, 11) is 0. The van der Waals surface area contributed by atoms with E-state index >= 15 is 0 Å². The fourth-order valence-corrected chi connectivity index (χ4v) is 4.51. The molecular formula is C23H24N3OS+. The highest BCUT2D eigenvalue weighted by Crippen LogP contribution is 2.28. The Labute approximate surface area is 170 Å². The highest BCUT2D eigenvalue weighted by molar-refractivity contribution is 7.99. The lowest BCUT2D eigenvalue weighted by atomic mass is 10.2. The number of hydrogen-bond donors (Lipinski definition) is 2. The molecule has 1 aliphatic rings. The van der Waals surface area contributed by atoms with Crippen LogP contribution in [0, 0.1) is 0 Å². The van der Waals surface area contributed by atoms with Gasteiger partial charge in [-0.3, -0.25) is 4.79 Å². The molecule has 2 heterocycles. The van der Waals surface area contributed by atoms with Crippen LogP contribution < -0.4 is 10.2 Å². The quantitative estimate of drug-likeness (QED) is 0.680. The molecule has 1 aliphatic heterocycles. The lowest BCUT2D eigenvalue weighted by molar-refractivity contribution is -0.901. The number of benzene rings is 2. The maximum absolute atomic E-state index is 12.9. The van der Waals surface area contributed by atoms with Crippen molar-refractivity contribution in [2.24, 2.45) is 0 Å². The largest absolute Gasteiger partial charge is 0.343 e. The first-order chi connectivity index (χ1) is 13.8. The summed E-state index contributed by atoms with van der Waals surface area (Å²) in [6, 6.07) is 24.5. The van der Waals surface area contributed by atoms with Gasteiger partial charge in [-0.15, -0.1) is 0 Å². The van der Waals surface area contributed by atoms with Gasteiger partial charge >= 0.3 is 0 Å². The van der Waals surface area contributed by atoms with Crippen LogP contribution >= 0.6 is 11.8 Å². The summed E-state index contributed by atoms with van der Waals surface area (Å²) < 4.78 is 0. The Hall–Kier alpha value is -2.63. The number of nitrogens with one attached hydrogen (secondary N) is 2. The van der Waals surface area contributed by atoms with E-state index in [0.717, 1.165) is 36.0 Å². The third kappa shape index (κ3) is 4.80. The second-order valence-electron chi connectivity index (χ2n) is 7.10. The van der Waals surface area contributed by atoms with Crippen molar-refractivity contribution >= 4 is 17.7 Å². The van der Waals surface area contributed by atoms with E-state index in [4.69, 9.17) is 0 Å². The summed E-state index contributed by atoms with van der Waals surface area (Å²) in [5, 5.41) is 3.97. The Morgan fingerprint density at radius 1 is 1.04 bits per heavy atom. The third-order valence-corrected chi connectivity index (χ3v) is 6.01. The Balaban J connectivity index is 1.38. The maximum atomic E-state index is 12.9. The van der Waals surface area contributed by atoms with Gasteiger partial charge in [-0.2, -0.15) is 0 Å². The molecule has 4 nitrogen and oxygen atoms in total. The first-order valence-electron chi connectivity index (χ1n) is 9.64. The summed E-state index contributed by atoms with van der Waals surface area (Å²) in [5.74, 6) is -0.0301. The molecule has 2 N–H and O–H groups in total. The van der Waals surface area contributed by atoms with Crippen LogP contribution in [0.3, 0.4) is 0 Å². The van der Waals surface area contributed by atoms with Crippen LogP contribution in [0.25, 0.3) is 0 Å². The molecule has 1 unspecified atom stereocenters. The van der Waals surface area contributed by atoms with E-state index in [1.807, 2.05) is 48.5 Å². The van der Waals surface area contributed by atoms with Gasteiger partial charge in [-0.25, -0.2) is 4.98 Å². The van der Waals surface area contributed by atoms with Gasteiger partial charge < -0.3 is 10.2 Å². The predicted molar refractivity (Wildman–Crippen MR) is 112 cm³/mol. The smallest absolute Gasteiger partial charge is 0.254 e. The van der Waals surface area contributed by atoms with Crippen molar-refractivity contribution < 1.29 is 9.69 Å². The molecule has 28 heavy (non-hydrogen) atoms. The minimum atomic E-state index is -0.0301. The molecule has 3 aromatic rings. The van der Waals surface area contributed by atoms with Crippen LogP contribution in [0.1, 0.15) is 22.3 Å². The zero-order valence-corrected chi connectivity index (χ0v) is 16.5. The van der Waals surface area contributed by atoms with Gasteiger partial charge in [0.25, 0.3) is 5.91 Å². The second-order valence-corrected chi connectivity index (χ2v) is 8.16. The summed E-state index contributed by atoms with van der Waals surface area (Å²) in [5.41, 5.74) is 1.99. The number of rotatable bonds is 6. The fourth-order valence-electron chi connectivity index (χ4n) is 3.61. The van der Waals surface area contributed by atoms with Crippen molar-refractivity contribution in [3.63, 3.8) is 0 Å². The zero-order valence-electron chi connectivity index (χ0n) is 15.7. The van der Waals surface area contributed by atoms with Crippen LogP contribution in [0.15, 0.2) is 88.9 Å². The van der Waals surface area contributed by atoms with Gasteiger partial charge in [0.15, 0.2) is 0 Å². The summed E-state index contributed by atoms with van der Waals surface area (Å²) >= 11 is 1.53. The van der Waals surface area contributed by atoms with Gasteiger partial charge in [-0.1, -0.05) is 60.3 Å². The van der Waals surface area contributed by atoms with E-state index in [1.54, 1.807) is 6.20 Å². The van der Waals surface area contributed by atoms with Crippen molar-refractivity contribution in [3.8, 4) is 0 Å². The van der Waals surface area contributed by atoms with Gasteiger partial charge in [0.1, 0.15) is 11.6 Å². The highest BCUT2D eigenvalue weighted by atomic mass is 32.2. The number of pyridine rings is 1. The monoisotopic (exact) mass is 390 g/mol. The van der Waals surface area contributed by atoms with Crippen molar-refractivity contribution in [2.75, 3.05) is 13.1 Å². The summed E-state index contributed by atoms with van der Waals surface area (Å²) in [4.78, 5) is 19.9. The van der Waals surface area contributed by atoms with Crippen LogP contribution in [-0.4, -0.2) is 30.0 Å². The van der Waals surface area contributed by atoms with E-state index in [2.05, 4.69) is 34.6 Å². The number of carbonyl (C=O) groups is 1. The van der Waals surface area contributed by atoms with E-state index in [-0.39, 0.29) is 11.9 Å². The Morgan fingerprint density at radius 2 is 1.79 bits per heavy atom. The minimum Gasteiger partial charge on any atom is -0.343 e. The van der Waals surface area contributed by atoms with E-state index in [9.17, 15) is 4.79 Å². The molecule has 0 saturated carbocycles. The van der Waals surface area contributed by atoms with Crippen molar-refractivity contribution in [3.05, 3.63) is 90.1 Å². The summed E-state index contributed by atoms with van der Waals surface area (Å²) in [6.07, 6.45) is 2.75. The first-order valence-corrected chi connectivity index (χ1v) is 10.5. The van der Waals surface area contributed by atoms with Gasteiger partial charge in [0, 0.05) is 23.1 Å². The second kappa shape index (κ2) is 9.04. The fraction of sp³-hybridized carbons (Fsp3) is 0.217. The van der Waals surface area contributed by atoms with Crippen LogP contribution in [-0.2, 0) is 6.54 Å². The molecule has 1 fully saturated rings. The van der Waals surface area contributed by atoms with E-state index in [0.29, 0.717) is 5.56 Å². The number of nitrogens with zero attached hydrogens (tertiary/aromatic N) is 1. The molecule has 0 bridgehead atoms. The first kappa shape index (κ1) is 18.7. The number of likely N-dealkylation sites (tertiary alicyclic amines) is 1. The maximum Gasteiger partial charge on any atom is 0.254 e. The molecule has 0 radical (unpaired) electrons. The zero-order chi connectivity index (χ0) is 19.2. The third-order valence-electron chi connectivity index (χ3n) is 4.99. The minimum absolute atomic E-state index is 0.0301. The lowest BCUT2D eigenvalue weighted by Crippen LogP contribution is -3.09. The average Bonchev–Trinajstić information content (AvgIpc) is 3.16. The van der Waals surface area contributed by atoms with Gasteiger partial charge in [0.2, 0.25) is 0 Å². The Morgan fingerprint density at radius 3 is 2.57 bits per heavy atom. The number of quaternary nitrogens is 1. The molecule has 1 amide bonds.